The minimum Gasteiger partial charge on any atom is -0.247 e. The maximum atomic E-state index is 10.5. The molecule has 0 aliphatic carbocycles. The number of hydrogen-bond donors (Lipinski definition) is 0. The van der Waals surface area contributed by atoms with Gasteiger partial charge in [-0.05, 0) is 65.7 Å². The molecule has 2 heterocycles. The second-order valence-corrected chi connectivity index (χ2v) is 12.0. The molecule has 0 aliphatic heterocycles. The van der Waals surface area contributed by atoms with Gasteiger partial charge in [0.2, 0.25) is 0 Å². The van der Waals surface area contributed by atoms with Gasteiger partial charge in [-0.1, -0.05) is 66.7 Å². The lowest BCUT2D eigenvalue weighted by Gasteiger charge is -2.16. The quantitative estimate of drug-likeness (QED) is 0.169. The van der Waals surface area contributed by atoms with Crippen molar-refractivity contribution in [1.29, 1.82) is 26.3 Å². The first-order valence-corrected chi connectivity index (χ1v) is 16.1. The van der Waals surface area contributed by atoms with Crippen LogP contribution in [0.5, 0.6) is 0 Å². The van der Waals surface area contributed by atoms with E-state index in [-0.39, 0.29) is 0 Å². The van der Waals surface area contributed by atoms with Gasteiger partial charge in [0.1, 0.15) is 11.6 Å². The number of nitrogens with zero attached hydrogens (tertiary/aromatic N) is 8. The van der Waals surface area contributed by atoms with Crippen LogP contribution in [-0.2, 0) is 0 Å². The molecule has 2 aromatic heterocycles. The number of para-hydroxylation sites is 1. The molecule has 0 fully saturated rings. The topological polar surface area (TPSA) is 158 Å². The first kappa shape index (κ1) is 31.1. The van der Waals surface area contributed by atoms with Crippen LogP contribution >= 0.6 is 0 Å². The summed E-state index contributed by atoms with van der Waals surface area (Å²) in [7, 11) is 0. The monoisotopic (exact) mass is 660 g/mol. The van der Waals surface area contributed by atoms with Crippen molar-refractivity contribution in [2.24, 2.45) is 0 Å². The van der Waals surface area contributed by atoms with Crippen LogP contribution in [0, 0.1) is 56.7 Å². The summed E-state index contributed by atoms with van der Waals surface area (Å²) in [4.78, 5) is 15.5. The molecule has 0 saturated heterocycles. The SMILES string of the molecule is N#Cc1ccc(-c2nc3c(C#N)cc4c(-c5ccc(-c6cc(C#N)cc(C#N)c6)cc5)nc5ccccc5c4c3nc2-c2ccc(C#N)cc2)cc1. The Morgan fingerprint density at radius 3 is 1.42 bits per heavy atom. The van der Waals surface area contributed by atoms with E-state index in [0.29, 0.717) is 55.9 Å². The predicted molar refractivity (Wildman–Crippen MR) is 198 cm³/mol. The van der Waals surface area contributed by atoms with Crippen LogP contribution in [0.2, 0.25) is 0 Å². The number of rotatable bonds is 4. The summed E-state index contributed by atoms with van der Waals surface area (Å²) in [6.07, 6.45) is 0. The third kappa shape index (κ3) is 5.27. The highest BCUT2D eigenvalue weighted by molar-refractivity contribution is 6.22. The Morgan fingerprint density at radius 1 is 0.365 bits per heavy atom. The van der Waals surface area contributed by atoms with Crippen molar-refractivity contribution in [1.82, 2.24) is 15.0 Å². The van der Waals surface area contributed by atoms with E-state index in [1.807, 2.05) is 78.9 Å². The van der Waals surface area contributed by atoms with Crippen LogP contribution in [0.3, 0.4) is 0 Å². The molecule has 8 rings (SSSR count). The lowest BCUT2D eigenvalue weighted by molar-refractivity contribution is 1.29. The summed E-state index contributed by atoms with van der Waals surface area (Å²) < 4.78 is 0. The smallest absolute Gasteiger partial charge is 0.108 e. The van der Waals surface area contributed by atoms with Crippen molar-refractivity contribution in [3.05, 3.63) is 149 Å². The van der Waals surface area contributed by atoms with Gasteiger partial charge >= 0.3 is 0 Å². The second-order valence-electron chi connectivity index (χ2n) is 12.0. The largest absolute Gasteiger partial charge is 0.247 e. The fourth-order valence-electron chi connectivity index (χ4n) is 6.49. The van der Waals surface area contributed by atoms with Gasteiger partial charge in [-0.15, -0.1) is 0 Å². The molecule has 8 nitrogen and oxygen atoms in total. The molecular formula is C44H20N8. The standard InChI is InChI=1S/C44H20N8/c45-21-26-5-9-32(10-6-26)41-42(33-11-7-27(22-46)8-12-33)52-44-39-36-3-1-2-4-38(36)50-40(37(39)20-35(25-49)43(44)51-41)31-15-13-30(14-16-31)34-18-28(23-47)17-29(19-34)24-48/h1-20H. The minimum atomic E-state index is 0.323. The van der Waals surface area contributed by atoms with E-state index < -0.39 is 0 Å². The lowest BCUT2D eigenvalue weighted by atomic mass is 9.94. The summed E-state index contributed by atoms with van der Waals surface area (Å²) >= 11 is 0. The zero-order valence-corrected chi connectivity index (χ0v) is 27.1. The number of benzene rings is 6. The van der Waals surface area contributed by atoms with Crippen LogP contribution in [0.1, 0.15) is 27.8 Å². The minimum absolute atomic E-state index is 0.323. The maximum Gasteiger partial charge on any atom is 0.108 e. The number of hydrogen-bond acceptors (Lipinski definition) is 8. The van der Waals surface area contributed by atoms with Gasteiger partial charge in [0, 0.05) is 32.8 Å². The van der Waals surface area contributed by atoms with E-state index in [1.165, 1.54) is 0 Å². The Labute approximate surface area is 297 Å². The molecule has 0 aliphatic rings. The second kappa shape index (κ2) is 12.7. The molecule has 8 heteroatoms. The number of fused-ring (bicyclic) bond motifs is 5. The van der Waals surface area contributed by atoms with Gasteiger partial charge in [0.25, 0.3) is 0 Å². The predicted octanol–water partition coefficient (Wildman–Crippen LogP) is 9.36. The zero-order chi connectivity index (χ0) is 35.8. The Kier molecular flexibility index (Phi) is 7.57. The summed E-state index contributed by atoms with van der Waals surface area (Å²) in [6.45, 7) is 0. The third-order valence-corrected chi connectivity index (χ3v) is 8.98. The highest BCUT2D eigenvalue weighted by Crippen LogP contribution is 2.40. The highest BCUT2D eigenvalue weighted by Gasteiger charge is 2.21. The Morgan fingerprint density at radius 2 is 0.865 bits per heavy atom. The average molecular weight is 661 g/mol. The molecule has 6 aromatic carbocycles. The zero-order valence-electron chi connectivity index (χ0n) is 27.1. The fraction of sp³-hybridized carbons (Fsp3) is 0. The first-order valence-electron chi connectivity index (χ1n) is 16.1. The molecule has 0 saturated carbocycles. The van der Waals surface area contributed by atoms with E-state index in [2.05, 4.69) is 30.3 Å². The van der Waals surface area contributed by atoms with Gasteiger partial charge in [0.05, 0.1) is 80.2 Å². The molecule has 0 amide bonds. The summed E-state index contributed by atoms with van der Waals surface area (Å²) in [5.74, 6) is 0. The molecule has 0 unspecified atom stereocenters. The average Bonchev–Trinajstić information content (AvgIpc) is 3.22. The number of nitriles is 5. The van der Waals surface area contributed by atoms with Crippen molar-refractivity contribution in [3.8, 4) is 75.2 Å². The maximum absolute atomic E-state index is 10.5. The normalized spacial score (nSPS) is 10.6. The van der Waals surface area contributed by atoms with Gasteiger partial charge in [0.15, 0.2) is 0 Å². The van der Waals surface area contributed by atoms with Crippen LogP contribution in [0.15, 0.2) is 121 Å². The van der Waals surface area contributed by atoms with Crippen molar-refractivity contribution in [2.75, 3.05) is 0 Å². The summed E-state index contributed by atoms with van der Waals surface area (Å²) in [5.41, 5.74) is 9.41. The van der Waals surface area contributed by atoms with Gasteiger partial charge in [-0.2, -0.15) is 26.3 Å². The van der Waals surface area contributed by atoms with Crippen LogP contribution < -0.4 is 0 Å². The highest BCUT2D eigenvalue weighted by atomic mass is 14.8. The van der Waals surface area contributed by atoms with E-state index in [9.17, 15) is 26.3 Å². The van der Waals surface area contributed by atoms with Crippen LogP contribution in [0.25, 0.3) is 77.6 Å². The van der Waals surface area contributed by atoms with Crippen molar-refractivity contribution in [2.45, 2.75) is 0 Å². The lowest BCUT2D eigenvalue weighted by Crippen LogP contribution is -2.00. The molecule has 0 radical (unpaired) electrons. The summed E-state index contributed by atoms with van der Waals surface area (Å²) in [5, 5.41) is 50.8. The first-order chi connectivity index (χ1) is 25.5. The van der Waals surface area contributed by atoms with Crippen LogP contribution in [0.4, 0.5) is 0 Å². The van der Waals surface area contributed by atoms with Gasteiger partial charge < -0.3 is 0 Å². The number of aromatic nitrogens is 3. The molecule has 236 valence electrons. The van der Waals surface area contributed by atoms with Gasteiger partial charge in [-0.25, -0.2) is 15.0 Å². The number of pyridine rings is 1. The van der Waals surface area contributed by atoms with E-state index in [4.69, 9.17) is 15.0 Å². The molecule has 52 heavy (non-hydrogen) atoms. The Balaban J connectivity index is 1.42. The molecular weight excluding hydrogens is 641 g/mol. The van der Waals surface area contributed by atoms with E-state index in [1.54, 1.807) is 42.5 Å². The third-order valence-electron chi connectivity index (χ3n) is 8.98. The Bertz CT molecular complexity index is 2950. The molecule has 8 aromatic rings. The van der Waals surface area contributed by atoms with Gasteiger partial charge in [-0.3, -0.25) is 0 Å². The van der Waals surface area contributed by atoms with Crippen molar-refractivity contribution in [3.63, 3.8) is 0 Å². The molecule has 0 N–H and O–H groups in total. The molecule has 0 spiro atoms. The van der Waals surface area contributed by atoms with Crippen molar-refractivity contribution >= 4 is 32.7 Å². The van der Waals surface area contributed by atoms with Crippen molar-refractivity contribution < 1.29 is 0 Å². The van der Waals surface area contributed by atoms with E-state index in [0.717, 1.165) is 49.5 Å². The molecule has 0 atom stereocenters. The molecule has 0 bridgehead atoms. The van der Waals surface area contributed by atoms with E-state index >= 15 is 0 Å². The fourth-order valence-corrected chi connectivity index (χ4v) is 6.49. The van der Waals surface area contributed by atoms with Crippen LogP contribution in [-0.4, -0.2) is 15.0 Å². The Hall–Kier alpha value is -8.22. The summed E-state index contributed by atoms with van der Waals surface area (Å²) in [6, 6.07) is 47.5.